The molecule has 1 aromatic heterocycles. The summed E-state index contributed by atoms with van der Waals surface area (Å²) >= 11 is 0. The number of nitrogens with one attached hydrogen (secondary N) is 1. The number of hydrogen-bond acceptors (Lipinski definition) is 4. The van der Waals surface area contributed by atoms with E-state index in [9.17, 15) is 4.79 Å². The van der Waals surface area contributed by atoms with Gasteiger partial charge in [-0.3, -0.25) is 0 Å². The van der Waals surface area contributed by atoms with E-state index in [0.29, 0.717) is 18.8 Å². The van der Waals surface area contributed by atoms with Crippen LogP contribution in [0.25, 0.3) is 0 Å². The van der Waals surface area contributed by atoms with Crippen molar-refractivity contribution in [3.8, 4) is 0 Å². The Labute approximate surface area is 119 Å². The fourth-order valence-electron chi connectivity index (χ4n) is 2.41. The van der Waals surface area contributed by atoms with Crippen LogP contribution in [0.5, 0.6) is 0 Å². The van der Waals surface area contributed by atoms with Gasteiger partial charge in [0.1, 0.15) is 5.82 Å². The maximum atomic E-state index is 12.3. The van der Waals surface area contributed by atoms with Gasteiger partial charge in [-0.2, -0.15) is 0 Å². The molecule has 20 heavy (non-hydrogen) atoms. The third-order valence-corrected chi connectivity index (χ3v) is 3.13. The first-order valence-corrected chi connectivity index (χ1v) is 6.94. The molecule has 0 aliphatic carbocycles. The molecular weight excluding hydrogens is 256 g/mol. The normalized spacial score (nSPS) is 21.6. The molecule has 110 valence electrons. The Kier molecular flexibility index (Phi) is 4.23. The van der Waals surface area contributed by atoms with Gasteiger partial charge in [-0.25, -0.2) is 14.8 Å². The van der Waals surface area contributed by atoms with Crippen molar-refractivity contribution in [2.45, 2.75) is 45.8 Å². The predicted molar refractivity (Wildman–Crippen MR) is 76.6 cm³/mol. The van der Waals surface area contributed by atoms with Crippen molar-refractivity contribution >= 4 is 11.7 Å². The fraction of sp³-hybridized carbons (Fsp3) is 0.643. The van der Waals surface area contributed by atoms with Crippen LogP contribution >= 0.6 is 0 Å². The number of urea groups is 1. The number of morpholine rings is 1. The van der Waals surface area contributed by atoms with Crippen LogP contribution in [0.1, 0.15) is 33.5 Å². The Bertz CT molecular complexity index is 473. The molecule has 1 saturated heterocycles. The zero-order valence-electron chi connectivity index (χ0n) is 12.5. The Balaban J connectivity index is 2.00. The molecule has 0 saturated carbocycles. The average molecular weight is 278 g/mol. The molecule has 2 rings (SSSR count). The van der Waals surface area contributed by atoms with Gasteiger partial charge in [0.05, 0.1) is 36.3 Å². The van der Waals surface area contributed by atoms with Crippen LogP contribution in [-0.4, -0.2) is 45.7 Å². The van der Waals surface area contributed by atoms with Crippen LogP contribution < -0.4 is 5.32 Å². The van der Waals surface area contributed by atoms with Crippen molar-refractivity contribution < 1.29 is 9.53 Å². The molecule has 1 unspecified atom stereocenters. The minimum absolute atomic E-state index is 0.0308. The SMILES string of the molecule is CCc1ncc(NC(=O)N2CC(C)OC(C)(C)C2)cn1. The minimum Gasteiger partial charge on any atom is -0.369 e. The molecule has 0 radical (unpaired) electrons. The maximum Gasteiger partial charge on any atom is 0.322 e. The first-order chi connectivity index (χ1) is 9.39. The van der Waals surface area contributed by atoms with Gasteiger partial charge in [0.2, 0.25) is 0 Å². The Morgan fingerprint density at radius 2 is 2.15 bits per heavy atom. The number of carbonyl (C=O) groups excluding carboxylic acids is 1. The third kappa shape index (κ3) is 3.66. The minimum atomic E-state index is -0.322. The molecule has 2 amide bonds. The molecule has 0 spiro atoms. The topological polar surface area (TPSA) is 67.4 Å². The Hall–Kier alpha value is -1.69. The predicted octanol–water partition coefficient (Wildman–Crippen LogP) is 2.07. The second kappa shape index (κ2) is 5.75. The van der Waals surface area contributed by atoms with E-state index >= 15 is 0 Å². The van der Waals surface area contributed by atoms with Crippen LogP contribution in [-0.2, 0) is 11.2 Å². The van der Waals surface area contributed by atoms with Gasteiger partial charge < -0.3 is 15.0 Å². The summed E-state index contributed by atoms with van der Waals surface area (Å²) in [5, 5.41) is 2.83. The molecule has 0 aromatic carbocycles. The van der Waals surface area contributed by atoms with Gasteiger partial charge >= 0.3 is 6.03 Å². The highest BCUT2D eigenvalue weighted by Crippen LogP contribution is 2.21. The van der Waals surface area contributed by atoms with E-state index in [0.717, 1.165) is 12.2 Å². The molecule has 1 aromatic rings. The summed E-state index contributed by atoms with van der Waals surface area (Å²) in [5.74, 6) is 0.768. The number of aromatic nitrogens is 2. The number of nitrogens with zero attached hydrogens (tertiary/aromatic N) is 3. The number of ether oxygens (including phenoxy) is 1. The number of amides is 2. The molecule has 1 aliphatic heterocycles. The van der Waals surface area contributed by atoms with Gasteiger partial charge in [-0.1, -0.05) is 6.92 Å². The highest BCUT2D eigenvalue weighted by atomic mass is 16.5. The monoisotopic (exact) mass is 278 g/mol. The molecule has 1 aliphatic rings. The standard InChI is InChI=1S/C14H22N4O2/c1-5-12-15-6-11(7-16-12)17-13(19)18-8-10(2)20-14(3,4)9-18/h6-7,10H,5,8-9H2,1-4H3,(H,17,19). The number of carbonyl (C=O) groups is 1. The zero-order valence-corrected chi connectivity index (χ0v) is 12.5. The molecule has 2 heterocycles. The lowest BCUT2D eigenvalue weighted by molar-refractivity contribution is -0.116. The molecule has 6 heteroatoms. The summed E-state index contributed by atoms with van der Waals surface area (Å²) in [4.78, 5) is 22.4. The van der Waals surface area contributed by atoms with Crippen molar-refractivity contribution in [2.24, 2.45) is 0 Å². The molecule has 0 bridgehead atoms. The number of anilines is 1. The second-order valence-electron chi connectivity index (χ2n) is 5.74. The lowest BCUT2D eigenvalue weighted by Crippen LogP contribution is -2.54. The van der Waals surface area contributed by atoms with Gasteiger partial charge in [0.15, 0.2) is 0 Å². The average Bonchev–Trinajstić information content (AvgIpc) is 2.37. The van der Waals surface area contributed by atoms with Crippen molar-refractivity contribution in [1.29, 1.82) is 0 Å². The zero-order chi connectivity index (χ0) is 14.8. The first-order valence-electron chi connectivity index (χ1n) is 6.94. The highest BCUT2D eigenvalue weighted by molar-refractivity contribution is 5.89. The lowest BCUT2D eigenvalue weighted by atomic mass is 10.1. The fourth-order valence-corrected chi connectivity index (χ4v) is 2.41. The van der Waals surface area contributed by atoms with Crippen LogP contribution in [0.3, 0.4) is 0 Å². The number of aryl methyl sites for hydroxylation is 1. The van der Waals surface area contributed by atoms with Crippen LogP contribution in [0, 0.1) is 0 Å². The molecule has 1 atom stereocenters. The van der Waals surface area contributed by atoms with E-state index in [1.807, 2.05) is 27.7 Å². The lowest BCUT2D eigenvalue weighted by Gasteiger charge is -2.41. The second-order valence-corrected chi connectivity index (χ2v) is 5.74. The van der Waals surface area contributed by atoms with Gasteiger partial charge in [-0.15, -0.1) is 0 Å². The van der Waals surface area contributed by atoms with Crippen molar-refractivity contribution in [2.75, 3.05) is 18.4 Å². The highest BCUT2D eigenvalue weighted by Gasteiger charge is 2.33. The van der Waals surface area contributed by atoms with E-state index < -0.39 is 0 Å². The van der Waals surface area contributed by atoms with Crippen LogP contribution in [0.15, 0.2) is 12.4 Å². The van der Waals surface area contributed by atoms with E-state index in [2.05, 4.69) is 15.3 Å². The van der Waals surface area contributed by atoms with Crippen molar-refractivity contribution in [3.05, 3.63) is 18.2 Å². The summed E-state index contributed by atoms with van der Waals surface area (Å²) in [6, 6.07) is -0.138. The van der Waals surface area contributed by atoms with Gasteiger partial charge in [-0.05, 0) is 20.8 Å². The summed E-state index contributed by atoms with van der Waals surface area (Å²) in [5.41, 5.74) is 0.293. The molecule has 1 fully saturated rings. The third-order valence-electron chi connectivity index (χ3n) is 3.13. The summed E-state index contributed by atoms with van der Waals surface area (Å²) in [6.45, 7) is 9.09. The smallest absolute Gasteiger partial charge is 0.322 e. The maximum absolute atomic E-state index is 12.3. The Morgan fingerprint density at radius 3 is 2.70 bits per heavy atom. The van der Waals surface area contributed by atoms with Crippen molar-refractivity contribution in [3.63, 3.8) is 0 Å². The van der Waals surface area contributed by atoms with E-state index in [4.69, 9.17) is 4.74 Å². The molecule has 6 nitrogen and oxygen atoms in total. The van der Waals surface area contributed by atoms with Crippen LogP contribution in [0.4, 0.5) is 10.5 Å². The summed E-state index contributed by atoms with van der Waals surface area (Å²) in [7, 11) is 0. The molecule has 1 N–H and O–H groups in total. The number of hydrogen-bond donors (Lipinski definition) is 1. The quantitative estimate of drug-likeness (QED) is 0.899. The van der Waals surface area contributed by atoms with Crippen molar-refractivity contribution in [1.82, 2.24) is 14.9 Å². The first kappa shape index (κ1) is 14.7. The van der Waals surface area contributed by atoms with Gasteiger partial charge in [0, 0.05) is 13.0 Å². The van der Waals surface area contributed by atoms with E-state index in [1.54, 1.807) is 17.3 Å². The molecular formula is C14H22N4O2. The number of rotatable bonds is 2. The summed E-state index contributed by atoms with van der Waals surface area (Å²) < 4.78 is 5.79. The summed E-state index contributed by atoms with van der Waals surface area (Å²) in [6.07, 6.45) is 4.09. The largest absolute Gasteiger partial charge is 0.369 e. The van der Waals surface area contributed by atoms with E-state index in [-0.39, 0.29) is 17.7 Å². The van der Waals surface area contributed by atoms with Gasteiger partial charge in [0.25, 0.3) is 0 Å². The van der Waals surface area contributed by atoms with Crippen LogP contribution in [0.2, 0.25) is 0 Å². The van der Waals surface area contributed by atoms with E-state index in [1.165, 1.54) is 0 Å². The Morgan fingerprint density at radius 1 is 1.50 bits per heavy atom.